The SMILES string of the molecule is CCCCCCC/C=C\C/C=C\CCCCCCCCCCCC(=O)OC(COC(=O)CCCCCCC)COC(=O)CCCCCCCCCCCCCCCCCCCCCCCCC/C=C\CCCCCCCCCC. The van der Waals surface area contributed by atoms with E-state index in [0.717, 1.165) is 70.6 Å². The number of allylic oxidation sites excluding steroid dienone is 6. The predicted octanol–water partition coefficient (Wildman–Crippen LogP) is 24.3. The Labute approximate surface area is 493 Å². The zero-order valence-electron chi connectivity index (χ0n) is 53.4. The van der Waals surface area contributed by atoms with Gasteiger partial charge >= 0.3 is 17.9 Å². The molecule has 0 bridgehead atoms. The Hall–Kier alpha value is -2.37. The molecule has 0 rings (SSSR count). The minimum absolute atomic E-state index is 0.0696. The third-order valence-corrected chi connectivity index (χ3v) is 16.1. The third-order valence-electron chi connectivity index (χ3n) is 16.1. The van der Waals surface area contributed by atoms with Gasteiger partial charge in [-0.2, -0.15) is 0 Å². The van der Waals surface area contributed by atoms with Crippen LogP contribution in [0.5, 0.6) is 0 Å². The smallest absolute Gasteiger partial charge is 0.306 e. The number of hydrogen-bond donors (Lipinski definition) is 0. The molecule has 79 heavy (non-hydrogen) atoms. The Balaban J connectivity index is 3.87. The average Bonchev–Trinajstić information content (AvgIpc) is 3.45. The summed E-state index contributed by atoms with van der Waals surface area (Å²) >= 11 is 0. The van der Waals surface area contributed by atoms with Gasteiger partial charge in [0.25, 0.3) is 0 Å². The van der Waals surface area contributed by atoms with Crippen LogP contribution in [0.15, 0.2) is 36.5 Å². The van der Waals surface area contributed by atoms with Crippen molar-refractivity contribution in [3.63, 3.8) is 0 Å². The van der Waals surface area contributed by atoms with E-state index in [2.05, 4.69) is 57.2 Å². The summed E-state index contributed by atoms with van der Waals surface area (Å²) in [5.41, 5.74) is 0. The van der Waals surface area contributed by atoms with Crippen LogP contribution in [0.3, 0.4) is 0 Å². The molecule has 6 nitrogen and oxygen atoms in total. The van der Waals surface area contributed by atoms with Gasteiger partial charge in [-0.3, -0.25) is 14.4 Å². The zero-order chi connectivity index (χ0) is 57.1. The minimum Gasteiger partial charge on any atom is -0.462 e. The molecule has 0 fully saturated rings. The van der Waals surface area contributed by atoms with E-state index in [1.807, 2.05) is 0 Å². The van der Waals surface area contributed by atoms with E-state index in [1.54, 1.807) is 0 Å². The predicted molar refractivity (Wildman–Crippen MR) is 344 cm³/mol. The van der Waals surface area contributed by atoms with Crippen molar-refractivity contribution in [3.8, 4) is 0 Å². The normalized spacial score (nSPS) is 12.2. The van der Waals surface area contributed by atoms with Crippen LogP contribution in [0.25, 0.3) is 0 Å². The van der Waals surface area contributed by atoms with E-state index in [0.29, 0.717) is 19.3 Å². The summed E-state index contributed by atoms with van der Waals surface area (Å²) in [6.45, 7) is 6.60. The molecule has 1 unspecified atom stereocenters. The van der Waals surface area contributed by atoms with E-state index >= 15 is 0 Å². The van der Waals surface area contributed by atoms with Crippen molar-refractivity contribution in [3.05, 3.63) is 36.5 Å². The molecule has 464 valence electrons. The fraction of sp³-hybridized carbons (Fsp3) is 0.877. The molecule has 0 aliphatic heterocycles. The zero-order valence-corrected chi connectivity index (χ0v) is 53.4. The number of hydrogen-bond acceptors (Lipinski definition) is 6. The second kappa shape index (κ2) is 68.1. The molecule has 0 amide bonds. The first-order valence-corrected chi connectivity index (χ1v) is 35.5. The summed E-state index contributed by atoms with van der Waals surface area (Å²) in [6, 6.07) is 0. The topological polar surface area (TPSA) is 78.9 Å². The molecule has 0 saturated carbocycles. The Bertz CT molecular complexity index is 1320. The molecule has 6 heteroatoms. The maximum Gasteiger partial charge on any atom is 0.306 e. The highest BCUT2D eigenvalue weighted by atomic mass is 16.6. The van der Waals surface area contributed by atoms with Crippen molar-refractivity contribution in [1.82, 2.24) is 0 Å². The summed E-state index contributed by atoms with van der Waals surface area (Å²) < 4.78 is 16.8. The van der Waals surface area contributed by atoms with Gasteiger partial charge < -0.3 is 14.2 Å². The molecule has 0 aromatic carbocycles. The van der Waals surface area contributed by atoms with Gasteiger partial charge in [-0.25, -0.2) is 0 Å². The van der Waals surface area contributed by atoms with Gasteiger partial charge in [-0.1, -0.05) is 333 Å². The second-order valence-electron chi connectivity index (χ2n) is 24.1. The molecule has 0 aliphatic carbocycles. The van der Waals surface area contributed by atoms with Crippen LogP contribution in [0.1, 0.15) is 393 Å². The van der Waals surface area contributed by atoms with E-state index < -0.39 is 6.10 Å². The van der Waals surface area contributed by atoms with Crippen LogP contribution in [-0.4, -0.2) is 37.2 Å². The van der Waals surface area contributed by atoms with E-state index in [1.165, 1.54) is 283 Å². The Morgan fingerprint density at radius 3 is 0.709 bits per heavy atom. The highest BCUT2D eigenvalue weighted by Crippen LogP contribution is 2.18. The van der Waals surface area contributed by atoms with Gasteiger partial charge in [-0.05, 0) is 77.0 Å². The molecular formula is C73H136O6. The lowest BCUT2D eigenvalue weighted by Crippen LogP contribution is -2.30. The first kappa shape index (κ1) is 76.6. The van der Waals surface area contributed by atoms with Gasteiger partial charge in [0.1, 0.15) is 13.2 Å². The molecule has 0 aromatic rings. The highest BCUT2D eigenvalue weighted by molar-refractivity contribution is 5.71. The van der Waals surface area contributed by atoms with Gasteiger partial charge in [-0.15, -0.1) is 0 Å². The van der Waals surface area contributed by atoms with Crippen molar-refractivity contribution >= 4 is 17.9 Å². The molecule has 1 atom stereocenters. The Morgan fingerprint density at radius 2 is 0.456 bits per heavy atom. The lowest BCUT2D eigenvalue weighted by atomic mass is 10.0. The number of carbonyl (C=O) groups excluding carboxylic acids is 3. The number of unbranched alkanes of at least 4 members (excludes halogenated alkanes) is 49. The quantitative estimate of drug-likeness (QED) is 0.0261. The summed E-state index contributed by atoms with van der Waals surface area (Å²) in [5, 5.41) is 0. The summed E-state index contributed by atoms with van der Waals surface area (Å²) in [4.78, 5) is 38.0. The van der Waals surface area contributed by atoms with Crippen LogP contribution in [0, 0.1) is 0 Å². The molecule has 0 aromatic heterocycles. The standard InChI is InChI=1S/C73H136O6/c1-4-7-10-13-15-17-19-21-23-25-27-29-30-31-32-33-34-35-36-37-38-39-40-41-42-44-45-47-49-51-53-55-57-60-63-66-72(75)78-69-70(68-77-71(74)65-62-59-12-9-6-3)79-73(76)67-64-61-58-56-54-52-50-48-46-43-28-26-24-22-20-18-16-14-11-8-5-2/h20,22,25-28,70H,4-19,21,23-24,29-69H2,1-3H3/b22-20-,27-25-,28-26-. The van der Waals surface area contributed by atoms with Crippen molar-refractivity contribution in [2.24, 2.45) is 0 Å². The maximum atomic E-state index is 12.8. The molecule has 0 N–H and O–H groups in total. The first-order chi connectivity index (χ1) is 39.0. The molecule has 0 saturated heterocycles. The minimum atomic E-state index is -0.769. The van der Waals surface area contributed by atoms with Crippen LogP contribution < -0.4 is 0 Å². The summed E-state index contributed by atoms with van der Waals surface area (Å²) in [7, 11) is 0. The monoisotopic (exact) mass is 1110 g/mol. The van der Waals surface area contributed by atoms with Crippen molar-refractivity contribution in [1.29, 1.82) is 0 Å². The fourth-order valence-electron chi connectivity index (χ4n) is 10.8. The largest absolute Gasteiger partial charge is 0.462 e. The second-order valence-corrected chi connectivity index (χ2v) is 24.1. The summed E-state index contributed by atoms with van der Waals surface area (Å²) in [5.74, 6) is -0.865. The van der Waals surface area contributed by atoms with Crippen LogP contribution in [0.2, 0.25) is 0 Å². The van der Waals surface area contributed by atoms with E-state index in [4.69, 9.17) is 14.2 Å². The van der Waals surface area contributed by atoms with Gasteiger partial charge in [0.05, 0.1) is 0 Å². The lowest BCUT2D eigenvalue weighted by Gasteiger charge is -2.18. The lowest BCUT2D eigenvalue weighted by molar-refractivity contribution is -0.167. The summed E-state index contributed by atoms with van der Waals surface area (Å²) in [6.07, 6.45) is 85.3. The molecule has 0 spiro atoms. The van der Waals surface area contributed by atoms with E-state index in [9.17, 15) is 14.4 Å². The molecule has 0 heterocycles. The van der Waals surface area contributed by atoms with Crippen LogP contribution in [-0.2, 0) is 28.6 Å². The maximum absolute atomic E-state index is 12.8. The van der Waals surface area contributed by atoms with Crippen molar-refractivity contribution in [2.75, 3.05) is 13.2 Å². The van der Waals surface area contributed by atoms with Crippen molar-refractivity contribution < 1.29 is 28.6 Å². The van der Waals surface area contributed by atoms with Crippen LogP contribution in [0.4, 0.5) is 0 Å². The fourth-order valence-corrected chi connectivity index (χ4v) is 10.8. The molecular weight excluding hydrogens is 973 g/mol. The van der Waals surface area contributed by atoms with Crippen LogP contribution >= 0.6 is 0 Å². The Kier molecular flexibility index (Phi) is 66.1. The number of rotatable bonds is 66. The Morgan fingerprint density at radius 1 is 0.253 bits per heavy atom. The average molecular weight is 1110 g/mol. The van der Waals surface area contributed by atoms with Gasteiger partial charge in [0.2, 0.25) is 0 Å². The molecule has 0 aliphatic rings. The van der Waals surface area contributed by atoms with Crippen molar-refractivity contribution in [2.45, 2.75) is 399 Å². The number of ether oxygens (including phenoxy) is 3. The first-order valence-electron chi connectivity index (χ1n) is 35.5. The number of carbonyl (C=O) groups is 3. The number of esters is 3. The highest BCUT2D eigenvalue weighted by Gasteiger charge is 2.19. The third kappa shape index (κ3) is 66.3. The van der Waals surface area contributed by atoms with E-state index in [-0.39, 0.29) is 31.1 Å². The van der Waals surface area contributed by atoms with Gasteiger partial charge in [0, 0.05) is 19.3 Å². The molecule has 0 radical (unpaired) electrons. The van der Waals surface area contributed by atoms with Gasteiger partial charge in [0.15, 0.2) is 6.10 Å².